The number of piperidine rings is 1. The fourth-order valence-electron chi connectivity index (χ4n) is 4.21. The molecule has 26 heavy (non-hydrogen) atoms. The van der Waals surface area contributed by atoms with Gasteiger partial charge in [-0.15, -0.1) is 0 Å². The van der Waals surface area contributed by atoms with Gasteiger partial charge in [0.25, 0.3) is 0 Å². The first-order chi connectivity index (χ1) is 12.7. The van der Waals surface area contributed by atoms with Crippen LogP contribution in [-0.2, 0) is 11.3 Å². The SMILES string of the molecule is COc1ccc(CN2CCC3(CC2)C[C@@H](c2ccncc2)C(=O)N3)cc1. The summed E-state index contributed by atoms with van der Waals surface area (Å²) >= 11 is 0. The van der Waals surface area contributed by atoms with E-state index in [4.69, 9.17) is 4.74 Å². The summed E-state index contributed by atoms with van der Waals surface area (Å²) in [6, 6.07) is 12.2. The molecule has 4 rings (SSSR count). The Bertz CT molecular complexity index is 753. The lowest BCUT2D eigenvalue weighted by Crippen LogP contribution is -2.50. The molecular weight excluding hydrogens is 326 g/mol. The van der Waals surface area contributed by atoms with Gasteiger partial charge < -0.3 is 10.1 Å². The topological polar surface area (TPSA) is 54.5 Å². The largest absolute Gasteiger partial charge is 0.497 e. The highest BCUT2D eigenvalue weighted by Crippen LogP contribution is 2.39. The predicted octanol–water partition coefficient (Wildman–Crippen LogP) is 2.73. The summed E-state index contributed by atoms with van der Waals surface area (Å²) in [7, 11) is 1.69. The summed E-state index contributed by atoms with van der Waals surface area (Å²) < 4.78 is 5.22. The lowest BCUT2D eigenvalue weighted by Gasteiger charge is -2.39. The van der Waals surface area contributed by atoms with E-state index >= 15 is 0 Å². The molecule has 0 unspecified atom stereocenters. The van der Waals surface area contributed by atoms with E-state index in [9.17, 15) is 4.79 Å². The molecule has 5 heteroatoms. The van der Waals surface area contributed by atoms with Crippen LogP contribution in [0.1, 0.15) is 36.3 Å². The van der Waals surface area contributed by atoms with E-state index in [0.717, 1.165) is 50.2 Å². The number of pyridine rings is 1. The Morgan fingerprint density at radius 2 is 1.85 bits per heavy atom. The molecule has 0 aliphatic carbocycles. The van der Waals surface area contributed by atoms with Gasteiger partial charge in [-0.1, -0.05) is 12.1 Å². The molecule has 2 aliphatic heterocycles. The molecule has 1 aromatic heterocycles. The number of likely N-dealkylation sites (tertiary alicyclic amines) is 1. The molecule has 1 spiro atoms. The third-order valence-electron chi connectivity index (χ3n) is 5.79. The number of nitrogens with zero attached hydrogens (tertiary/aromatic N) is 2. The minimum atomic E-state index is -0.0402. The van der Waals surface area contributed by atoms with Gasteiger partial charge in [-0.2, -0.15) is 0 Å². The molecule has 3 heterocycles. The zero-order valence-electron chi connectivity index (χ0n) is 15.1. The van der Waals surface area contributed by atoms with Crippen LogP contribution < -0.4 is 10.1 Å². The lowest BCUT2D eigenvalue weighted by molar-refractivity contribution is -0.121. The molecule has 1 amide bonds. The van der Waals surface area contributed by atoms with Crippen LogP contribution in [0.4, 0.5) is 0 Å². The number of hydrogen-bond acceptors (Lipinski definition) is 4. The quantitative estimate of drug-likeness (QED) is 0.920. The van der Waals surface area contributed by atoms with Crippen LogP contribution in [0.3, 0.4) is 0 Å². The Hall–Kier alpha value is -2.40. The van der Waals surface area contributed by atoms with Gasteiger partial charge in [0.15, 0.2) is 0 Å². The predicted molar refractivity (Wildman–Crippen MR) is 100.0 cm³/mol. The maximum Gasteiger partial charge on any atom is 0.228 e. The number of carbonyl (C=O) groups is 1. The lowest BCUT2D eigenvalue weighted by atomic mass is 9.82. The summed E-state index contributed by atoms with van der Waals surface area (Å²) in [5.74, 6) is 1.02. The number of methoxy groups -OCH3 is 1. The molecule has 0 bridgehead atoms. The molecule has 1 aromatic carbocycles. The minimum Gasteiger partial charge on any atom is -0.497 e. The zero-order valence-corrected chi connectivity index (χ0v) is 15.1. The third kappa shape index (κ3) is 3.44. The van der Waals surface area contributed by atoms with E-state index in [1.54, 1.807) is 19.5 Å². The summed E-state index contributed by atoms with van der Waals surface area (Å²) in [6.07, 6.45) is 6.45. The zero-order chi connectivity index (χ0) is 18.0. The molecular formula is C21H25N3O2. The first-order valence-corrected chi connectivity index (χ1v) is 9.25. The second kappa shape index (κ2) is 7.08. The Morgan fingerprint density at radius 1 is 1.15 bits per heavy atom. The van der Waals surface area contributed by atoms with Crippen molar-refractivity contribution < 1.29 is 9.53 Å². The minimum absolute atomic E-state index is 0.0360. The van der Waals surface area contributed by atoms with Crippen LogP contribution in [0.5, 0.6) is 5.75 Å². The first-order valence-electron chi connectivity index (χ1n) is 9.25. The summed E-state index contributed by atoms with van der Waals surface area (Å²) in [5, 5.41) is 3.31. The Kier molecular flexibility index (Phi) is 4.64. The van der Waals surface area contributed by atoms with E-state index < -0.39 is 0 Å². The Balaban J connectivity index is 1.36. The second-order valence-corrected chi connectivity index (χ2v) is 7.43. The molecule has 0 radical (unpaired) electrons. The number of nitrogens with one attached hydrogen (secondary N) is 1. The molecule has 2 aromatic rings. The van der Waals surface area contributed by atoms with Gasteiger partial charge in [-0.3, -0.25) is 14.7 Å². The normalized spacial score (nSPS) is 22.3. The van der Waals surface area contributed by atoms with Crippen LogP contribution in [0.15, 0.2) is 48.8 Å². The van der Waals surface area contributed by atoms with Crippen molar-refractivity contribution in [1.82, 2.24) is 15.2 Å². The van der Waals surface area contributed by atoms with Gasteiger partial charge >= 0.3 is 0 Å². The number of aromatic nitrogens is 1. The van der Waals surface area contributed by atoms with Crippen LogP contribution >= 0.6 is 0 Å². The summed E-state index contributed by atoms with van der Waals surface area (Å²) in [4.78, 5) is 19.1. The van der Waals surface area contributed by atoms with Crippen LogP contribution in [0.2, 0.25) is 0 Å². The highest BCUT2D eigenvalue weighted by molar-refractivity contribution is 5.87. The van der Waals surface area contributed by atoms with Crippen LogP contribution in [0.25, 0.3) is 0 Å². The van der Waals surface area contributed by atoms with E-state index in [-0.39, 0.29) is 17.4 Å². The first kappa shape index (κ1) is 17.0. The van der Waals surface area contributed by atoms with Crippen molar-refractivity contribution in [1.29, 1.82) is 0 Å². The van der Waals surface area contributed by atoms with Crippen molar-refractivity contribution in [3.8, 4) is 5.75 Å². The van der Waals surface area contributed by atoms with Crippen molar-refractivity contribution in [2.24, 2.45) is 0 Å². The van der Waals surface area contributed by atoms with Gasteiger partial charge in [0.2, 0.25) is 5.91 Å². The van der Waals surface area contributed by atoms with Crippen LogP contribution in [0, 0.1) is 0 Å². The van der Waals surface area contributed by atoms with E-state index in [1.807, 2.05) is 24.3 Å². The van der Waals surface area contributed by atoms with Crippen molar-refractivity contribution in [3.63, 3.8) is 0 Å². The van der Waals surface area contributed by atoms with Crippen molar-refractivity contribution in [2.75, 3.05) is 20.2 Å². The summed E-state index contributed by atoms with van der Waals surface area (Å²) in [5.41, 5.74) is 2.34. The smallest absolute Gasteiger partial charge is 0.228 e. The number of amides is 1. The molecule has 2 aliphatic rings. The number of benzene rings is 1. The Labute approximate surface area is 154 Å². The van der Waals surface area contributed by atoms with Gasteiger partial charge in [0.05, 0.1) is 13.0 Å². The number of ether oxygens (including phenoxy) is 1. The maximum absolute atomic E-state index is 12.5. The molecule has 1 N–H and O–H groups in total. The average molecular weight is 351 g/mol. The fourth-order valence-corrected chi connectivity index (χ4v) is 4.21. The van der Waals surface area contributed by atoms with Gasteiger partial charge in [0.1, 0.15) is 5.75 Å². The standard InChI is InChI=1S/C21H25N3O2/c1-26-18-4-2-16(3-5-18)15-24-12-8-21(9-13-24)14-19(20(25)23-21)17-6-10-22-11-7-17/h2-7,10-11,19H,8-9,12-15H2,1H3,(H,23,25)/t19-/m0/s1. The Morgan fingerprint density at radius 3 is 2.50 bits per heavy atom. The van der Waals surface area contributed by atoms with Crippen LogP contribution in [-0.4, -0.2) is 41.5 Å². The third-order valence-corrected chi connectivity index (χ3v) is 5.79. The number of carbonyl (C=O) groups excluding carboxylic acids is 1. The highest BCUT2D eigenvalue weighted by atomic mass is 16.5. The van der Waals surface area contributed by atoms with Crippen molar-refractivity contribution >= 4 is 5.91 Å². The molecule has 136 valence electrons. The summed E-state index contributed by atoms with van der Waals surface area (Å²) in [6.45, 7) is 2.96. The van der Waals surface area contributed by atoms with Crippen molar-refractivity contribution in [3.05, 3.63) is 59.9 Å². The van der Waals surface area contributed by atoms with Crippen molar-refractivity contribution in [2.45, 2.75) is 37.3 Å². The van der Waals surface area contributed by atoms with E-state index in [0.29, 0.717) is 0 Å². The fraction of sp³-hybridized carbons (Fsp3) is 0.429. The highest BCUT2D eigenvalue weighted by Gasteiger charge is 2.46. The second-order valence-electron chi connectivity index (χ2n) is 7.43. The van der Waals surface area contributed by atoms with E-state index in [1.165, 1.54) is 5.56 Å². The monoisotopic (exact) mass is 351 g/mol. The average Bonchev–Trinajstić information content (AvgIpc) is 3.01. The van der Waals surface area contributed by atoms with Gasteiger partial charge in [-0.25, -0.2) is 0 Å². The van der Waals surface area contributed by atoms with Gasteiger partial charge in [-0.05, 0) is 54.7 Å². The molecule has 1 atom stereocenters. The molecule has 2 saturated heterocycles. The molecule has 5 nitrogen and oxygen atoms in total. The van der Waals surface area contributed by atoms with Gasteiger partial charge in [0, 0.05) is 37.6 Å². The van der Waals surface area contributed by atoms with E-state index in [2.05, 4.69) is 27.3 Å². The molecule has 2 fully saturated rings. The number of hydrogen-bond donors (Lipinski definition) is 1. The number of rotatable bonds is 4. The molecule has 0 saturated carbocycles. The maximum atomic E-state index is 12.5.